The molecule has 1 unspecified atom stereocenters. The van der Waals surface area contributed by atoms with E-state index >= 15 is 0 Å². The predicted molar refractivity (Wildman–Crippen MR) is 76.5 cm³/mol. The largest absolute Gasteiger partial charge is 0.382 e. The zero-order valence-corrected chi connectivity index (χ0v) is 12.1. The molecule has 0 saturated carbocycles. The first kappa shape index (κ1) is 16.1. The van der Waals surface area contributed by atoms with E-state index < -0.39 is 0 Å². The monoisotopic (exact) mass is 267 g/mol. The number of hydrogen-bond acceptors (Lipinski definition) is 4. The van der Waals surface area contributed by atoms with E-state index in [0.29, 0.717) is 26.4 Å². The third-order valence-electron chi connectivity index (χ3n) is 2.82. The number of rotatable bonds is 10. The molecule has 0 amide bonds. The summed E-state index contributed by atoms with van der Waals surface area (Å²) in [6, 6.07) is 8.44. The van der Waals surface area contributed by atoms with Gasteiger partial charge in [0.2, 0.25) is 0 Å². The van der Waals surface area contributed by atoms with Crippen LogP contribution in [-0.2, 0) is 14.2 Å². The fourth-order valence-electron chi connectivity index (χ4n) is 1.73. The lowest BCUT2D eigenvalue weighted by Gasteiger charge is -2.18. The minimum Gasteiger partial charge on any atom is -0.382 e. The minimum absolute atomic E-state index is 0.0663. The third-order valence-corrected chi connectivity index (χ3v) is 2.82. The molecular formula is C15H25NO3. The number of aryl methyl sites for hydroxylation is 1. The van der Waals surface area contributed by atoms with E-state index in [1.54, 1.807) is 7.11 Å². The molecule has 1 rings (SSSR count). The van der Waals surface area contributed by atoms with Crippen molar-refractivity contribution in [3.05, 3.63) is 35.4 Å². The zero-order valence-electron chi connectivity index (χ0n) is 12.1. The number of nitrogens with one attached hydrogen (secondary N) is 1. The van der Waals surface area contributed by atoms with Gasteiger partial charge in [0.25, 0.3) is 0 Å². The normalized spacial score (nSPS) is 12.6. The maximum absolute atomic E-state index is 5.86. The van der Waals surface area contributed by atoms with E-state index in [1.807, 2.05) is 7.05 Å². The molecule has 108 valence electrons. The van der Waals surface area contributed by atoms with Gasteiger partial charge in [-0.1, -0.05) is 29.8 Å². The summed E-state index contributed by atoms with van der Waals surface area (Å²) in [4.78, 5) is 0. The summed E-state index contributed by atoms with van der Waals surface area (Å²) in [5, 5.41) is 3.16. The van der Waals surface area contributed by atoms with E-state index in [4.69, 9.17) is 14.2 Å². The van der Waals surface area contributed by atoms with E-state index in [1.165, 1.54) is 11.1 Å². The lowest BCUT2D eigenvalue weighted by atomic mass is 10.1. The minimum atomic E-state index is 0.0663. The molecule has 4 heteroatoms. The van der Waals surface area contributed by atoms with Crippen molar-refractivity contribution in [2.75, 3.05) is 47.1 Å². The van der Waals surface area contributed by atoms with Crippen molar-refractivity contribution in [3.8, 4) is 0 Å². The molecular weight excluding hydrogens is 242 g/mol. The summed E-state index contributed by atoms with van der Waals surface area (Å²) < 4.78 is 16.2. The van der Waals surface area contributed by atoms with Gasteiger partial charge in [-0.25, -0.2) is 0 Å². The quantitative estimate of drug-likeness (QED) is 0.658. The van der Waals surface area contributed by atoms with Crippen molar-refractivity contribution in [2.45, 2.75) is 13.0 Å². The Hall–Kier alpha value is -0.940. The van der Waals surface area contributed by atoms with Crippen molar-refractivity contribution in [1.82, 2.24) is 5.32 Å². The van der Waals surface area contributed by atoms with Gasteiger partial charge >= 0.3 is 0 Å². The summed E-state index contributed by atoms with van der Waals surface area (Å²) in [6.07, 6.45) is 0.0663. The summed E-state index contributed by atoms with van der Waals surface area (Å²) in [5.41, 5.74) is 2.45. The Morgan fingerprint density at radius 2 is 1.74 bits per heavy atom. The number of likely N-dealkylation sites (N-methyl/N-ethyl adjacent to an activating group) is 1. The maximum atomic E-state index is 5.86. The highest BCUT2D eigenvalue weighted by Crippen LogP contribution is 2.17. The Morgan fingerprint density at radius 3 is 2.37 bits per heavy atom. The highest BCUT2D eigenvalue weighted by molar-refractivity contribution is 5.23. The van der Waals surface area contributed by atoms with E-state index in [-0.39, 0.29) is 6.10 Å². The zero-order chi connectivity index (χ0) is 13.9. The lowest BCUT2D eigenvalue weighted by Crippen LogP contribution is -2.21. The first-order chi connectivity index (χ1) is 9.27. The van der Waals surface area contributed by atoms with Gasteiger partial charge in [-0.2, -0.15) is 0 Å². The summed E-state index contributed by atoms with van der Waals surface area (Å²) in [5.74, 6) is 0. The van der Waals surface area contributed by atoms with Gasteiger partial charge in [0.15, 0.2) is 0 Å². The molecule has 0 spiro atoms. The summed E-state index contributed by atoms with van der Waals surface area (Å²) in [7, 11) is 3.60. The van der Waals surface area contributed by atoms with Gasteiger partial charge in [0, 0.05) is 13.7 Å². The molecule has 1 aromatic rings. The Labute approximate surface area is 116 Å². The molecule has 0 aliphatic heterocycles. The molecule has 4 nitrogen and oxygen atoms in total. The third kappa shape index (κ3) is 6.68. The second-order valence-electron chi connectivity index (χ2n) is 4.43. The molecule has 0 heterocycles. The molecule has 1 N–H and O–H groups in total. The Kier molecular flexibility index (Phi) is 8.41. The maximum Gasteiger partial charge on any atom is 0.0950 e. The molecule has 0 aliphatic carbocycles. The Balaban J connectivity index is 2.34. The first-order valence-corrected chi connectivity index (χ1v) is 6.67. The standard InChI is InChI=1S/C15H25NO3/c1-13-4-6-14(7-5-13)15(12-16-2)19-11-10-18-9-8-17-3/h4-7,15-16H,8-12H2,1-3H3. The van der Waals surface area contributed by atoms with E-state index in [2.05, 4.69) is 36.5 Å². The second-order valence-corrected chi connectivity index (χ2v) is 4.43. The van der Waals surface area contributed by atoms with Crippen LogP contribution < -0.4 is 5.32 Å². The smallest absolute Gasteiger partial charge is 0.0950 e. The van der Waals surface area contributed by atoms with Gasteiger partial charge in [-0.15, -0.1) is 0 Å². The van der Waals surface area contributed by atoms with Gasteiger partial charge < -0.3 is 19.5 Å². The van der Waals surface area contributed by atoms with Crippen LogP contribution in [0.1, 0.15) is 17.2 Å². The van der Waals surface area contributed by atoms with E-state index in [9.17, 15) is 0 Å². The fraction of sp³-hybridized carbons (Fsp3) is 0.600. The molecule has 1 aromatic carbocycles. The molecule has 0 saturated heterocycles. The summed E-state index contributed by atoms with van der Waals surface area (Å²) >= 11 is 0. The van der Waals surface area contributed by atoms with Crippen molar-refractivity contribution < 1.29 is 14.2 Å². The average molecular weight is 267 g/mol. The lowest BCUT2D eigenvalue weighted by molar-refractivity contribution is -0.00631. The molecule has 19 heavy (non-hydrogen) atoms. The van der Waals surface area contributed by atoms with Crippen LogP contribution in [0.5, 0.6) is 0 Å². The van der Waals surface area contributed by atoms with Gasteiger partial charge in [-0.3, -0.25) is 0 Å². The number of ether oxygens (including phenoxy) is 3. The summed E-state index contributed by atoms with van der Waals surface area (Å²) in [6.45, 7) is 5.29. The van der Waals surface area contributed by atoms with Crippen LogP contribution in [0.25, 0.3) is 0 Å². The number of methoxy groups -OCH3 is 1. The molecule has 0 radical (unpaired) electrons. The molecule has 0 aliphatic rings. The SMILES string of the molecule is CNCC(OCCOCCOC)c1ccc(C)cc1. The van der Waals surface area contributed by atoms with Crippen LogP contribution in [0, 0.1) is 6.92 Å². The Bertz CT molecular complexity index is 327. The first-order valence-electron chi connectivity index (χ1n) is 6.67. The van der Waals surface area contributed by atoms with Gasteiger partial charge in [0.1, 0.15) is 0 Å². The highest BCUT2D eigenvalue weighted by atomic mass is 16.5. The average Bonchev–Trinajstić information content (AvgIpc) is 2.42. The molecule has 0 fully saturated rings. The van der Waals surface area contributed by atoms with Gasteiger partial charge in [-0.05, 0) is 19.5 Å². The van der Waals surface area contributed by atoms with Crippen molar-refractivity contribution in [3.63, 3.8) is 0 Å². The Morgan fingerprint density at radius 1 is 1.05 bits per heavy atom. The fourth-order valence-corrected chi connectivity index (χ4v) is 1.73. The van der Waals surface area contributed by atoms with Crippen LogP contribution in [-0.4, -0.2) is 47.1 Å². The highest BCUT2D eigenvalue weighted by Gasteiger charge is 2.10. The molecule has 0 aromatic heterocycles. The van der Waals surface area contributed by atoms with Crippen LogP contribution in [0.2, 0.25) is 0 Å². The van der Waals surface area contributed by atoms with Crippen LogP contribution in [0.15, 0.2) is 24.3 Å². The van der Waals surface area contributed by atoms with Crippen LogP contribution >= 0.6 is 0 Å². The van der Waals surface area contributed by atoms with E-state index in [0.717, 1.165) is 6.54 Å². The van der Waals surface area contributed by atoms with Crippen LogP contribution in [0.4, 0.5) is 0 Å². The molecule has 0 bridgehead atoms. The van der Waals surface area contributed by atoms with Crippen LogP contribution in [0.3, 0.4) is 0 Å². The molecule has 1 atom stereocenters. The number of benzene rings is 1. The number of hydrogen-bond donors (Lipinski definition) is 1. The predicted octanol–water partition coefficient (Wildman–Crippen LogP) is 1.94. The van der Waals surface area contributed by atoms with Crippen molar-refractivity contribution in [1.29, 1.82) is 0 Å². The van der Waals surface area contributed by atoms with Crippen molar-refractivity contribution >= 4 is 0 Å². The van der Waals surface area contributed by atoms with Gasteiger partial charge in [0.05, 0.1) is 32.5 Å². The van der Waals surface area contributed by atoms with Crippen molar-refractivity contribution in [2.24, 2.45) is 0 Å². The topological polar surface area (TPSA) is 39.7 Å². The second kappa shape index (κ2) is 9.92.